The maximum atomic E-state index is 3.63. The maximum absolute atomic E-state index is 3.63. The monoisotopic (exact) mass is 253 g/mol. The predicted octanol–water partition coefficient (Wildman–Crippen LogP) is 5.15. The third-order valence-electron chi connectivity index (χ3n) is 4.56. The fourth-order valence-corrected chi connectivity index (χ4v) is 3.46. The standard InChI is InChI=1S/C17H35N/c1-5-13-18-15(2)14-17(3,4)12-11-16-9-7-6-8-10-16/h15-16,18H,5-14H2,1-4H3. The van der Waals surface area contributed by atoms with Crippen LogP contribution in [0.1, 0.15) is 85.5 Å². The molecule has 1 fully saturated rings. The van der Waals surface area contributed by atoms with E-state index in [1.807, 2.05) is 0 Å². The Morgan fingerprint density at radius 3 is 2.44 bits per heavy atom. The molecule has 1 unspecified atom stereocenters. The van der Waals surface area contributed by atoms with Gasteiger partial charge in [-0.3, -0.25) is 0 Å². The van der Waals surface area contributed by atoms with E-state index in [0.29, 0.717) is 11.5 Å². The Labute approximate surface area is 115 Å². The van der Waals surface area contributed by atoms with E-state index in [9.17, 15) is 0 Å². The van der Waals surface area contributed by atoms with Gasteiger partial charge in [0.05, 0.1) is 0 Å². The van der Waals surface area contributed by atoms with Crippen LogP contribution in [0.25, 0.3) is 0 Å². The molecule has 1 atom stereocenters. The van der Waals surface area contributed by atoms with Gasteiger partial charge in [-0.2, -0.15) is 0 Å². The smallest absolute Gasteiger partial charge is 0.00438 e. The molecule has 0 heterocycles. The first-order valence-corrected chi connectivity index (χ1v) is 8.27. The molecule has 0 aromatic heterocycles. The van der Waals surface area contributed by atoms with Crippen molar-refractivity contribution in [2.24, 2.45) is 11.3 Å². The van der Waals surface area contributed by atoms with E-state index in [0.717, 1.165) is 5.92 Å². The fourth-order valence-electron chi connectivity index (χ4n) is 3.46. The van der Waals surface area contributed by atoms with Gasteiger partial charge in [-0.25, -0.2) is 0 Å². The fraction of sp³-hybridized carbons (Fsp3) is 1.00. The summed E-state index contributed by atoms with van der Waals surface area (Å²) in [5.74, 6) is 1.04. The van der Waals surface area contributed by atoms with E-state index in [-0.39, 0.29) is 0 Å². The second-order valence-corrected chi connectivity index (χ2v) is 7.27. The molecule has 0 aromatic carbocycles. The van der Waals surface area contributed by atoms with E-state index >= 15 is 0 Å². The first kappa shape index (κ1) is 16.0. The second-order valence-electron chi connectivity index (χ2n) is 7.27. The maximum Gasteiger partial charge on any atom is 0.00438 e. The van der Waals surface area contributed by atoms with Gasteiger partial charge >= 0.3 is 0 Å². The Morgan fingerprint density at radius 1 is 1.17 bits per heavy atom. The van der Waals surface area contributed by atoms with Crippen LogP contribution < -0.4 is 5.32 Å². The first-order valence-electron chi connectivity index (χ1n) is 8.27. The van der Waals surface area contributed by atoms with Gasteiger partial charge < -0.3 is 5.32 Å². The van der Waals surface area contributed by atoms with Gasteiger partial charge in [0.15, 0.2) is 0 Å². The molecule has 0 spiro atoms. The van der Waals surface area contributed by atoms with E-state index in [2.05, 4.69) is 33.0 Å². The highest BCUT2D eigenvalue weighted by Gasteiger charge is 2.23. The predicted molar refractivity (Wildman–Crippen MR) is 82.0 cm³/mol. The number of hydrogen-bond acceptors (Lipinski definition) is 1. The van der Waals surface area contributed by atoms with Crippen LogP contribution >= 0.6 is 0 Å². The Bertz CT molecular complexity index is 204. The first-order chi connectivity index (χ1) is 8.53. The Kier molecular flexibility index (Phi) is 7.29. The van der Waals surface area contributed by atoms with Crippen LogP contribution in [-0.2, 0) is 0 Å². The largest absolute Gasteiger partial charge is 0.314 e. The molecule has 1 nitrogen and oxygen atoms in total. The summed E-state index contributed by atoms with van der Waals surface area (Å²) in [5, 5.41) is 3.63. The third kappa shape index (κ3) is 6.78. The average Bonchev–Trinajstić information content (AvgIpc) is 2.35. The molecule has 18 heavy (non-hydrogen) atoms. The average molecular weight is 253 g/mol. The van der Waals surface area contributed by atoms with Gasteiger partial charge in [-0.15, -0.1) is 0 Å². The summed E-state index contributed by atoms with van der Waals surface area (Å²) < 4.78 is 0. The van der Waals surface area contributed by atoms with Gasteiger partial charge in [0.2, 0.25) is 0 Å². The normalized spacial score (nSPS) is 20.0. The van der Waals surface area contributed by atoms with Crippen molar-refractivity contribution < 1.29 is 0 Å². The molecule has 108 valence electrons. The second kappa shape index (κ2) is 8.19. The Balaban J connectivity index is 2.20. The molecular weight excluding hydrogens is 218 g/mol. The molecule has 0 aliphatic heterocycles. The van der Waals surface area contributed by atoms with Gasteiger partial charge in [0, 0.05) is 6.04 Å². The van der Waals surface area contributed by atoms with E-state index < -0.39 is 0 Å². The highest BCUT2D eigenvalue weighted by Crippen LogP contribution is 2.34. The third-order valence-corrected chi connectivity index (χ3v) is 4.56. The molecule has 1 aliphatic carbocycles. The Hall–Kier alpha value is -0.0400. The number of rotatable bonds is 8. The zero-order chi connectivity index (χ0) is 13.4. The van der Waals surface area contributed by atoms with E-state index in [1.54, 1.807) is 0 Å². The lowest BCUT2D eigenvalue weighted by Gasteiger charge is -2.31. The molecule has 1 rings (SSSR count). The van der Waals surface area contributed by atoms with Crippen molar-refractivity contribution in [2.75, 3.05) is 6.54 Å². The minimum Gasteiger partial charge on any atom is -0.314 e. The van der Waals surface area contributed by atoms with Gasteiger partial charge in [0.1, 0.15) is 0 Å². The highest BCUT2D eigenvalue weighted by atomic mass is 14.9. The van der Waals surface area contributed by atoms with Crippen molar-refractivity contribution >= 4 is 0 Å². The lowest BCUT2D eigenvalue weighted by atomic mass is 9.77. The van der Waals surface area contributed by atoms with Crippen molar-refractivity contribution in [2.45, 2.75) is 91.5 Å². The van der Waals surface area contributed by atoms with E-state index in [4.69, 9.17) is 0 Å². The summed E-state index contributed by atoms with van der Waals surface area (Å²) in [6.45, 7) is 10.7. The van der Waals surface area contributed by atoms with Crippen molar-refractivity contribution in [3.05, 3.63) is 0 Å². The number of nitrogens with one attached hydrogen (secondary N) is 1. The van der Waals surface area contributed by atoms with Crippen LogP contribution in [0.15, 0.2) is 0 Å². The Morgan fingerprint density at radius 2 is 1.83 bits per heavy atom. The molecule has 1 heteroatoms. The van der Waals surface area contributed by atoms with Crippen LogP contribution in [0.2, 0.25) is 0 Å². The van der Waals surface area contributed by atoms with Crippen LogP contribution in [0, 0.1) is 11.3 Å². The van der Waals surface area contributed by atoms with Crippen molar-refractivity contribution in [1.82, 2.24) is 5.32 Å². The summed E-state index contributed by atoms with van der Waals surface area (Å²) in [5.41, 5.74) is 0.512. The highest BCUT2D eigenvalue weighted by molar-refractivity contribution is 4.77. The molecule has 1 saturated carbocycles. The minimum absolute atomic E-state index is 0.512. The topological polar surface area (TPSA) is 12.0 Å². The molecule has 0 saturated heterocycles. The lowest BCUT2D eigenvalue weighted by molar-refractivity contribution is 0.225. The van der Waals surface area contributed by atoms with Crippen LogP contribution in [0.3, 0.4) is 0 Å². The van der Waals surface area contributed by atoms with Gasteiger partial charge in [-0.05, 0) is 50.5 Å². The summed E-state index contributed by atoms with van der Waals surface area (Å²) in [6, 6.07) is 0.673. The minimum atomic E-state index is 0.512. The summed E-state index contributed by atoms with van der Waals surface area (Å²) in [7, 11) is 0. The quantitative estimate of drug-likeness (QED) is 0.630. The van der Waals surface area contributed by atoms with Crippen LogP contribution in [0.5, 0.6) is 0 Å². The zero-order valence-corrected chi connectivity index (χ0v) is 13.2. The number of hydrogen-bond donors (Lipinski definition) is 1. The van der Waals surface area contributed by atoms with Crippen molar-refractivity contribution in [3.63, 3.8) is 0 Å². The summed E-state index contributed by atoms with van der Waals surface area (Å²) in [6.07, 6.45) is 12.9. The van der Waals surface area contributed by atoms with Crippen molar-refractivity contribution in [1.29, 1.82) is 0 Å². The summed E-state index contributed by atoms with van der Waals surface area (Å²) >= 11 is 0. The van der Waals surface area contributed by atoms with Crippen LogP contribution in [0.4, 0.5) is 0 Å². The lowest BCUT2D eigenvalue weighted by Crippen LogP contribution is -2.32. The molecule has 1 aliphatic rings. The molecule has 0 amide bonds. The molecule has 0 bridgehead atoms. The van der Waals surface area contributed by atoms with E-state index in [1.165, 1.54) is 64.3 Å². The van der Waals surface area contributed by atoms with Crippen LogP contribution in [-0.4, -0.2) is 12.6 Å². The zero-order valence-electron chi connectivity index (χ0n) is 13.2. The summed E-state index contributed by atoms with van der Waals surface area (Å²) in [4.78, 5) is 0. The van der Waals surface area contributed by atoms with Gasteiger partial charge in [-0.1, -0.05) is 52.9 Å². The SMILES string of the molecule is CCCNC(C)CC(C)(C)CCC1CCCCC1. The van der Waals surface area contributed by atoms with Gasteiger partial charge in [0.25, 0.3) is 0 Å². The molecule has 0 aromatic rings. The molecule has 1 N–H and O–H groups in total. The van der Waals surface area contributed by atoms with Crippen molar-refractivity contribution in [3.8, 4) is 0 Å². The molecule has 0 radical (unpaired) electrons. The molecular formula is C17H35N.